The molecule has 21 heavy (non-hydrogen) atoms. The molecule has 0 saturated carbocycles. The highest BCUT2D eigenvalue weighted by atomic mass is 32.2. The summed E-state index contributed by atoms with van der Waals surface area (Å²) in [6.07, 6.45) is 0.981. The molecule has 0 aliphatic carbocycles. The minimum atomic E-state index is -0.396. The molecule has 0 saturated heterocycles. The summed E-state index contributed by atoms with van der Waals surface area (Å²) in [5, 5.41) is 11.2. The number of benzene rings is 2. The molecule has 0 fully saturated rings. The van der Waals surface area contributed by atoms with Gasteiger partial charge >= 0.3 is 0 Å². The Morgan fingerprint density at radius 1 is 1.33 bits per heavy atom. The minimum Gasteiger partial charge on any atom is -0.492 e. The van der Waals surface area contributed by atoms with Gasteiger partial charge in [0.1, 0.15) is 12.4 Å². The molecule has 3 rings (SSSR count). The quantitative estimate of drug-likeness (QED) is 0.632. The molecule has 1 unspecified atom stereocenters. The van der Waals surface area contributed by atoms with Crippen molar-refractivity contribution in [2.75, 3.05) is 6.61 Å². The lowest BCUT2D eigenvalue weighted by Gasteiger charge is -2.12. The first-order valence-electron chi connectivity index (χ1n) is 6.76. The van der Waals surface area contributed by atoms with Crippen LogP contribution in [0.5, 0.6) is 5.75 Å². The molecule has 4 nitrogen and oxygen atoms in total. The van der Waals surface area contributed by atoms with Crippen molar-refractivity contribution in [2.24, 2.45) is 0 Å². The Kier molecular flexibility index (Phi) is 3.84. The van der Waals surface area contributed by atoms with Crippen LogP contribution in [-0.2, 0) is 6.42 Å². The van der Waals surface area contributed by atoms with Gasteiger partial charge in [0.05, 0.1) is 11.0 Å². The highest BCUT2D eigenvalue weighted by Gasteiger charge is 2.22. The van der Waals surface area contributed by atoms with Gasteiger partial charge in [-0.15, -0.1) is 11.8 Å². The summed E-state index contributed by atoms with van der Waals surface area (Å²) < 4.78 is 5.82. The Morgan fingerprint density at radius 2 is 2.14 bits per heavy atom. The Balaban J connectivity index is 1.67. The topological polar surface area (TPSA) is 52.4 Å². The molecule has 1 atom stereocenters. The zero-order valence-electron chi connectivity index (χ0n) is 11.6. The molecule has 0 aromatic heterocycles. The average Bonchev–Trinajstić information content (AvgIpc) is 2.89. The first-order valence-corrected chi connectivity index (χ1v) is 7.64. The molecule has 108 valence electrons. The maximum absolute atomic E-state index is 10.8. The molecule has 5 heteroatoms. The molecular formula is C16H15NO3S. The summed E-state index contributed by atoms with van der Waals surface area (Å²) in [5.74, 6) is 0.598. The van der Waals surface area contributed by atoms with E-state index in [0.29, 0.717) is 17.6 Å². The molecular weight excluding hydrogens is 286 g/mol. The van der Waals surface area contributed by atoms with Crippen molar-refractivity contribution in [3.8, 4) is 5.75 Å². The normalized spacial score (nSPS) is 16.5. The first kappa shape index (κ1) is 13.9. The van der Waals surface area contributed by atoms with E-state index < -0.39 is 4.92 Å². The molecule has 0 amide bonds. The maximum Gasteiger partial charge on any atom is 0.273 e. The van der Waals surface area contributed by atoms with Gasteiger partial charge in [0, 0.05) is 16.2 Å². The number of hydrogen-bond acceptors (Lipinski definition) is 4. The summed E-state index contributed by atoms with van der Waals surface area (Å²) in [5.41, 5.74) is 2.34. The van der Waals surface area contributed by atoms with Gasteiger partial charge in [-0.2, -0.15) is 0 Å². The third-order valence-electron chi connectivity index (χ3n) is 3.52. The SMILES string of the molecule is Cc1ccc([N+](=O)[O-])cc1OCC1Cc2ccccc2S1. The first-order chi connectivity index (χ1) is 10.1. The molecule has 0 N–H and O–H groups in total. The Bertz CT molecular complexity index is 662. The molecule has 1 heterocycles. The zero-order chi connectivity index (χ0) is 14.8. The molecule has 1 aliphatic rings. The van der Waals surface area contributed by atoms with Crippen molar-refractivity contribution >= 4 is 17.4 Å². The van der Waals surface area contributed by atoms with Crippen LogP contribution < -0.4 is 4.74 Å². The number of nitrogens with zero attached hydrogens (tertiary/aromatic N) is 1. The number of rotatable bonds is 4. The fraction of sp³-hybridized carbons (Fsp3) is 0.250. The lowest BCUT2D eigenvalue weighted by atomic mass is 10.1. The van der Waals surface area contributed by atoms with E-state index in [1.54, 1.807) is 6.07 Å². The molecule has 1 aliphatic heterocycles. The molecule has 0 bridgehead atoms. The van der Waals surface area contributed by atoms with Crippen LogP contribution in [0.25, 0.3) is 0 Å². The Labute approximate surface area is 127 Å². The number of nitro groups is 1. The van der Waals surface area contributed by atoms with Crippen LogP contribution in [0, 0.1) is 17.0 Å². The average molecular weight is 301 g/mol. The Morgan fingerprint density at radius 3 is 2.90 bits per heavy atom. The minimum absolute atomic E-state index is 0.0676. The fourth-order valence-electron chi connectivity index (χ4n) is 2.39. The smallest absolute Gasteiger partial charge is 0.273 e. The van der Waals surface area contributed by atoms with Crippen molar-refractivity contribution in [1.29, 1.82) is 0 Å². The number of fused-ring (bicyclic) bond motifs is 1. The van der Waals surface area contributed by atoms with Crippen LogP contribution in [0.3, 0.4) is 0 Å². The van der Waals surface area contributed by atoms with E-state index in [-0.39, 0.29) is 5.69 Å². The molecule has 0 radical (unpaired) electrons. The van der Waals surface area contributed by atoms with Crippen LogP contribution in [0.2, 0.25) is 0 Å². The van der Waals surface area contributed by atoms with E-state index in [9.17, 15) is 10.1 Å². The van der Waals surface area contributed by atoms with Gasteiger partial charge in [0.2, 0.25) is 0 Å². The van der Waals surface area contributed by atoms with E-state index in [0.717, 1.165) is 12.0 Å². The highest BCUT2D eigenvalue weighted by molar-refractivity contribution is 8.00. The van der Waals surface area contributed by atoms with Crippen molar-refractivity contribution in [1.82, 2.24) is 0 Å². The van der Waals surface area contributed by atoms with E-state index in [1.165, 1.54) is 22.6 Å². The van der Waals surface area contributed by atoms with E-state index in [2.05, 4.69) is 12.1 Å². The monoisotopic (exact) mass is 301 g/mol. The maximum atomic E-state index is 10.8. The molecule has 2 aromatic carbocycles. The van der Waals surface area contributed by atoms with E-state index in [1.807, 2.05) is 30.8 Å². The number of thioether (sulfide) groups is 1. The van der Waals surface area contributed by atoms with Gasteiger partial charge < -0.3 is 4.74 Å². The van der Waals surface area contributed by atoms with Crippen LogP contribution in [0.15, 0.2) is 47.4 Å². The van der Waals surface area contributed by atoms with Crippen molar-refractivity contribution in [2.45, 2.75) is 23.5 Å². The van der Waals surface area contributed by atoms with Crippen molar-refractivity contribution < 1.29 is 9.66 Å². The summed E-state index contributed by atoms with van der Waals surface area (Å²) in [4.78, 5) is 11.7. The van der Waals surface area contributed by atoms with Gasteiger partial charge in [-0.25, -0.2) is 0 Å². The predicted octanol–water partition coefficient (Wildman–Crippen LogP) is 4.00. The predicted molar refractivity (Wildman–Crippen MR) is 83.1 cm³/mol. The lowest BCUT2D eigenvalue weighted by Crippen LogP contribution is -2.14. The number of nitro benzene ring substituents is 1. The summed E-state index contributed by atoms with van der Waals surface area (Å²) in [6, 6.07) is 13.1. The standard InChI is InChI=1S/C16H15NO3S/c1-11-6-7-13(17(18)19)9-15(11)20-10-14-8-12-4-2-3-5-16(12)21-14/h2-7,9,14H,8,10H2,1H3. The van der Waals surface area contributed by atoms with Crippen LogP contribution in [0.4, 0.5) is 5.69 Å². The van der Waals surface area contributed by atoms with Crippen LogP contribution >= 0.6 is 11.8 Å². The second-order valence-corrected chi connectivity index (χ2v) is 6.41. The highest BCUT2D eigenvalue weighted by Crippen LogP contribution is 2.37. The fourth-order valence-corrected chi connectivity index (χ4v) is 3.61. The van der Waals surface area contributed by atoms with Gasteiger partial charge in [-0.1, -0.05) is 18.2 Å². The number of ether oxygens (including phenoxy) is 1. The van der Waals surface area contributed by atoms with Gasteiger partial charge in [-0.05, 0) is 36.6 Å². The molecule has 0 spiro atoms. The van der Waals surface area contributed by atoms with E-state index in [4.69, 9.17) is 4.74 Å². The van der Waals surface area contributed by atoms with Crippen LogP contribution in [0.1, 0.15) is 11.1 Å². The number of hydrogen-bond donors (Lipinski definition) is 0. The van der Waals surface area contributed by atoms with Gasteiger partial charge in [0.25, 0.3) is 5.69 Å². The van der Waals surface area contributed by atoms with Gasteiger partial charge in [-0.3, -0.25) is 10.1 Å². The number of non-ortho nitro benzene ring substituents is 1. The third-order valence-corrected chi connectivity index (χ3v) is 4.81. The van der Waals surface area contributed by atoms with Crippen molar-refractivity contribution in [3.05, 3.63) is 63.7 Å². The third kappa shape index (κ3) is 3.03. The largest absolute Gasteiger partial charge is 0.492 e. The van der Waals surface area contributed by atoms with Crippen molar-refractivity contribution in [3.63, 3.8) is 0 Å². The number of aryl methyl sites for hydroxylation is 1. The second-order valence-electron chi connectivity index (χ2n) is 5.07. The second kappa shape index (κ2) is 5.77. The summed E-state index contributed by atoms with van der Waals surface area (Å²) >= 11 is 1.81. The van der Waals surface area contributed by atoms with Gasteiger partial charge in [0.15, 0.2) is 0 Å². The Hall–Kier alpha value is -2.01. The molecule has 2 aromatic rings. The van der Waals surface area contributed by atoms with Crippen LogP contribution in [-0.4, -0.2) is 16.8 Å². The lowest BCUT2D eigenvalue weighted by molar-refractivity contribution is -0.384. The van der Waals surface area contributed by atoms with E-state index >= 15 is 0 Å². The summed E-state index contributed by atoms with van der Waals surface area (Å²) in [7, 11) is 0. The zero-order valence-corrected chi connectivity index (χ0v) is 12.4. The summed E-state index contributed by atoms with van der Waals surface area (Å²) in [6.45, 7) is 2.46.